The van der Waals surface area contributed by atoms with Gasteiger partial charge in [-0.05, 0) is 24.3 Å². The second kappa shape index (κ2) is 9.07. The van der Waals surface area contributed by atoms with E-state index in [1.807, 2.05) is 42.5 Å². The molecule has 0 unspecified atom stereocenters. The van der Waals surface area contributed by atoms with Crippen LogP contribution in [0.3, 0.4) is 0 Å². The number of amidine groups is 1. The predicted octanol–water partition coefficient (Wildman–Crippen LogP) is 2.25. The van der Waals surface area contributed by atoms with Gasteiger partial charge in [-0.25, -0.2) is 4.99 Å². The lowest BCUT2D eigenvalue weighted by Gasteiger charge is -2.36. The summed E-state index contributed by atoms with van der Waals surface area (Å²) >= 11 is 0. The van der Waals surface area contributed by atoms with Crippen LogP contribution in [-0.4, -0.2) is 74.5 Å². The molecule has 2 heterocycles. The summed E-state index contributed by atoms with van der Waals surface area (Å²) in [6, 6.07) is 15.9. The Morgan fingerprint density at radius 3 is 2.59 bits per heavy atom. The number of rotatable bonds is 5. The number of amides is 1. The normalized spacial score (nSPS) is 16.2. The molecule has 0 spiro atoms. The molecule has 29 heavy (non-hydrogen) atoms. The predicted molar refractivity (Wildman–Crippen MR) is 112 cm³/mol. The van der Waals surface area contributed by atoms with Crippen molar-refractivity contribution in [1.82, 2.24) is 15.1 Å². The summed E-state index contributed by atoms with van der Waals surface area (Å²) in [5, 5.41) is 2.88. The van der Waals surface area contributed by atoms with Crippen molar-refractivity contribution in [2.75, 3.05) is 53.0 Å². The Bertz CT molecular complexity index is 891. The molecule has 1 saturated heterocycles. The number of carbonyl (C=O) groups excluding carboxylic acids is 1. The van der Waals surface area contributed by atoms with Gasteiger partial charge in [-0.1, -0.05) is 24.3 Å². The molecule has 0 saturated carbocycles. The average Bonchev–Trinajstić information content (AvgIpc) is 2.91. The van der Waals surface area contributed by atoms with Crippen LogP contribution in [0.15, 0.2) is 53.5 Å². The first-order valence-corrected chi connectivity index (χ1v) is 9.92. The first-order chi connectivity index (χ1) is 14.2. The van der Waals surface area contributed by atoms with Gasteiger partial charge in [0.25, 0.3) is 0 Å². The summed E-state index contributed by atoms with van der Waals surface area (Å²) in [5.74, 6) is 2.54. The van der Waals surface area contributed by atoms with Crippen molar-refractivity contribution >= 4 is 17.4 Å². The van der Waals surface area contributed by atoms with Crippen LogP contribution >= 0.6 is 0 Å². The van der Waals surface area contributed by atoms with E-state index in [2.05, 4.69) is 21.2 Å². The van der Waals surface area contributed by atoms with Gasteiger partial charge in [-0.3, -0.25) is 9.69 Å². The van der Waals surface area contributed by atoms with E-state index in [1.54, 1.807) is 7.11 Å². The molecule has 0 radical (unpaired) electrons. The summed E-state index contributed by atoms with van der Waals surface area (Å²) in [6.45, 7) is 4.71. The Kier molecular flexibility index (Phi) is 6.07. The summed E-state index contributed by atoms with van der Waals surface area (Å²) in [4.78, 5) is 21.5. The van der Waals surface area contributed by atoms with Crippen LogP contribution in [0.1, 0.15) is 5.56 Å². The molecule has 2 aliphatic heterocycles. The van der Waals surface area contributed by atoms with Gasteiger partial charge in [0.2, 0.25) is 5.91 Å². The number of ether oxygens (including phenoxy) is 2. The zero-order chi connectivity index (χ0) is 20.1. The SMILES string of the molecule is COCCNC(=O)CN1CCN(C2=Nc3ccccc3Oc3ccccc32)CC1. The highest BCUT2D eigenvalue weighted by molar-refractivity contribution is 6.03. The third-order valence-electron chi connectivity index (χ3n) is 5.11. The number of para-hydroxylation sites is 3. The fraction of sp³-hybridized carbons (Fsp3) is 0.364. The lowest BCUT2D eigenvalue weighted by atomic mass is 10.1. The smallest absolute Gasteiger partial charge is 0.234 e. The van der Waals surface area contributed by atoms with Crippen LogP contribution in [0, 0.1) is 0 Å². The van der Waals surface area contributed by atoms with Gasteiger partial charge >= 0.3 is 0 Å². The van der Waals surface area contributed by atoms with Crippen LogP contribution in [-0.2, 0) is 9.53 Å². The number of carbonyl (C=O) groups is 1. The highest BCUT2D eigenvalue weighted by atomic mass is 16.5. The molecule has 1 N–H and O–H groups in total. The number of nitrogens with zero attached hydrogens (tertiary/aromatic N) is 3. The molecule has 0 atom stereocenters. The molecule has 2 aromatic rings. The van der Waals surface area contributed by atoms with E-state index in [-0.39, 0.29) is 5.91 Å². The van der Waals surface area contributed by atoms with E-state index >= 15 is 0 Å². The maximum Gasteiger partial charge on any atom is 0.234 e. The Hall–Kier alpha value is -2.90. The van der Waals surface area contributed by atoms with Gasteiger partial charge in [0.15, 0.2) is 5.75 Å². The summed E-state index contributed by atoms with van der Waals surface area (Å²) in [7, 11) is 1.63. The molecular formula is C22H26N4O3. The van der Waals surface area contributed by atoms with Crippen LogP contribution in [0.2, 0.25) is 0 Å². The van der Waals surface area contributed by atoms with E-state index in [9.17, 15) is 4.79 Å². The number of hydrogen-bond acceptors (Lipinski definition) is 6. The average molecular weight is 394 g/mol. The van der Waals surface area contributed by atoms with E-state index in [0.717, 1.165) is 54.8 Å². The third-order valence-corrected chi connectivity index (χ3v) is 5.11. The van der Waals surface area contributed by atoms with Gasteiger partial charge < -0.3 is 19.7 Å². The molecule has 1 fully saturated rings. The van der Waals surface area contributed by atoms with Crippen LogP contribution in [0.4, 0.5) is 5.69 Å². The number of methoxy groups -OCH3 is 1. The largest absolute Gasteiger partial charge is 0.454 e. The third kappa shape index (κ3) is 4.58. The number of fused-ring (bicyclic) bond motifs is 2. The van der Waals surface area contributed by atoms with Crippen molar-refractivity contribution in [3.05, 3.63) is 54.1 Å². The van der Waals surface area contributed by atoms with Crippen LogP contribution in [0.25, 0.3) is 0 Å². The summed E-state index contributed by atoms with van der Waals surface area (Å²) < 4.78 is 11.1. The van der Waals surface area contributed by atoms with E-state index in [4.69, 9.17) is 14.5 Å². The maximum atomic E-state index is 12.1. The zero-order valence-electron chi connectivity index (χ0n) is 16.6. The van der Waals surface area contributed by atoms with E-state index in [1.165, 1.54) is 0 Å². The second-order valence-corrected chi connectivity index (χ2v) is 7.11. The summed E-state index contributed by atoms with van der Waals surface area (Å²) in [6.07, 6.45) is 0. The van der Waals surface area contributed by atoms with Crippen molar-refractivity contribution in [2.24, 2.45) is 4.99 Å². The number of nitrogens with one attached hydrogen (secondary N) is 1. The van der Waals surface area contributed by atoms with Crippen molar-refractivity contribution in [2.45, 2.75) is 0 Å². The highest BCUT2D eigenvalue weighted by Gasteiger charge is 2.26. The monoisotopic (exact) mass is 394 g/mol. The van der Waals surface area contributed by atoms with Gasteiger partial charge in [0.05, 0.1) is 18.7 Å². The van der Waals surface area contributed by atoms with Gasteiger partial charge in [0, 0.05) is 39.8 Å². The minimum Gasteiger partial charge on any atom is -0.454 e. The number of piperazine rings is 1. The maximum absolute atomic E-state index is 12.1. The van der Waals surface area contributed by atoms with Crippen molar-refractivity contribution in [3.63, 3.8) is 0 Å². The first kappa shape index (κ1) is 19.4. The highest BCUT2D eigenvalue weighted by Crippen LogP contribution is 2.37. The van der Waals surface area contributed by atoms with Crippen LogP contribution in [0.5, 0.6) is 11.5 Å². The standard InChI is InChI=1S/C22H26N4O3/c1-28-15-10-23-21(27)16-25-11-13-26(14-12-25)22-17-6-2-4-8-19(17)29-20-9-5-3-7-18(20)24-22/h2-9H,10-16H2,1H3,(H,23,27). The topological polar surface area (TPSA) is 66.4 Å². The molecule has 2 aliphatic rings. The molecule has 7 heteroatoms. The van der Waals surface area contributed by atoms with Gasteiger partial charge in [0.1, 0.15) is 17.3 Å². The first-order valence-electron chi connectivity index (χ1n) is 9.92. The van der Waals surface area contributed by atoms with E-state index in [0.29, 0.717) is 19.7 Å². The molecule has 0 aliphatic carbocycles. The molecular weight excluding hydrogens is 368 g/mol. The molecule has 7 nitrogen and oxygen atoms in total. The minimum absolute atomic E-state index is 0.0370. The Balaban J connectivity index is 1.46. The van der Waals surface area contributed by atoms with Gasteiger partial charge in [-0.2, -0.15) is 0 Å². The second-order valence-electron chi connectivity index (χ2n) is 7.11. The Morgan fingerprint density at radius 1 is 1.07 bits per heavy atom. The fourth-order valence-corrected chi connectivity index (χ4v) is 3.58. The Morgan fingerprint density at radius 2 is 1.79 bits per heavy atom. The Labute approximate surface area is 170 Å². The zero-order valence-corrected chi connectivity index (χ0v) is 16.6. The van der Waals surface area contributed by atoms with Crippen molar-refractivity contribution in [3.8, 4) is 11.5 Å². The van der Waals surface area contributed by atoms with E-state index < -0.39 is 0 Å². The lowest BCUT2D eigenvalue weighted by Crippen LogP contribution is -2.51. The molecule has 0 bridgehead atoms. The number of benzene rings is 2. The lowest BCUT2D eigenvalue weighted by molar-refractivity contribution is -0.122. The van der Waals surface area contributed by atoms with Crippen molar-refractivity contribution < 1.29 is 14.3 Å². The molecule has 1 amide bonds. The quantitative estimate of drug-likeness (QED) is 0.788. The molecule has 4 rings (SSSR count). The molecule has 0 aromatic heterocycles. The van der Waals surface area contributed by atoms with Gasteiger partial charge in [-0.15, -0.1) is 0 Å². The molecule has 2 aromatic carbocycles. The van der Waals surface area contributed by atoms with Crippen molar-refractivity contribution in [1.29, 1.82) is 0 Å². The number of hydrogen-bond donors (Lipinski definition) is 1. The van der Waals surface area contributed by atoms with Crippen LogP contribution < -0.4 is 10.1 Å². The summed E-state index contributed by atoms with van der Waals surface area (Å²) in [5.41, 5.74) is 1.83. The number of aliphatic imine (C=N–C) groups is 1. The molecule has 152 valence electrons. The minimum atomic E-state index is 0.0370. The fourth-order valence-electron chi connectivity index (χ4n) is 3.58.